The van der Waals surface area contributed by atoms with Crippen LogP contribution in [0.5, 0.6) is 5.75 Å². The highest BCUT2D eigenvalue weighted by Gasteiger charge is 2.25. The molecule has 2 aliphatic rings. The predicted octanol–water partition coefficient (Wildman–Crippen LogP) is 3.30. The summed E-state index contributed by atoms with van der Waals surface area (Å²) in [5, 5.41) is 19.1. The number of β-amino-alcohol motifs (C(OH)–C–C–N with tert-alkyl or cyclic N) is 1. The van der Waals surface area contributed by atoms with Gasteiger partial charge in [-0.1, -0.05) is 37.3 Å². The highest BCUT2D eigenvalue weighted by Crippen LogP contribution is 2.30. The van der Waals surface area contributed by atoms with Gasteiger partial charge in [0.05, 0.1) is 18.9 Å². The van der Waals surface area contributed by atoms with Crippen LogP contribution >= 0.6 is 0 Å². The third kappa shape index (κ3) is 4.21. The van der Waals surface area contributed by atoms with Crippen molar-refractivity contribution in [1.29, 1.82) is 0 Å². The van der Waals surface area contributed by atoms with E-state index in [4.69, 9.17) is 14.7 Å². The van der Waals surface area contributed by atoms with Crippen molar-refractivity contribution in [3.8, 4) is 11.4 Å². The number of piperidine rings is 1. The Kier molecular flexibility index (Phi) is 5.72. The maximum Gasteiger partial charge on any atom is 0.189 e. The molecule has 1 saturated carbocycles. The van der Waals surface area contributed by atoms with Crippen LogP contribution < -0.4 is 9.64 Å². The van der Waals surface area contributed by atoms with Gasteiger partial charge in [-0.3, -0.25) is 0 Å². The summed E-state index contributed by atoms with van der Waals surface area (Å²) in [7, 11) is 1.66. The second-order valence-electron chi connectivity index (χ2n) is 8.79. The van der Waals surface area contributed by atoms with Gasteiger partial charge in [0.15, 0.2) is 17.0 Å². The number of aliphatic hydroxyl groups excluding tert-OH is 1. The molecule has 1 saturated heterocycles. The van der Waals surface area contributed by atoms with Gasteiger partial charge >= 0.3 is 0 Å². The third-order valence-electron chi connectivity index (χ3n) is 6.54. The largest absolute Gasteiger partial charge is 0.497 e. The van der Waals surface area contributed by atoms with E-state index in [2.05, 4.69) is 15.2 Å². The van der Waals surface area contributed by atoms with Gasteiger partial charge in [0.25, 0.3) is 0 Å². The molecule has 1 unspecified atom stereocenters. The van der Waals surface area contributed by atoms with E-state index in [0.29, 0.717) is 18.0 Å². The number of hydrogen-bond acceptors (Lipinski definition) is 7. The fraction of sp³-hybridized carbons (Fsp3) is 0.565. The SMILES string of the molecule is COc1ccc(-n2nnc3c(N4CCCC(O)C4)nc(CC4CCCCC4)nc32)cc1. The van der Waals surface area contributed by atoms with Crippen LogP contribution in [-0.4, -0.2) is 56.4 Å². The zero-order valence-electron chi connectivity index (χ0n) is 18.1. The van der Waals surface area contributed by atoms with Crippen molar-refractivity contribution in [2.24, 2.45) is 5.92 Å². The van der Waals surface area contributed by atoms with E-state index in [1.54, 1.807) is 11.8 Å². The average Bonchev–Trinajstić information content (AvgIpc) is 3.23. The highest BCUT2D eigenvalue weighted by molar-refractivity contribution is 5.84. The molecular formula is C23H30N6O2. The summed E-state index contributed by atoms with van der Waals surface area (Å²) in [5.74, 6) is 3.08. The molecule has 3 heterocycles. The zero-order chi connectivity index (χ0) is 21.2. The minimum atomic E-state index is -0.336. The molecule has 3 aromatic rings. The highest BCUT2D eigenvalue weighted by atomic mass is 16.5. The third-order valence-corrected chi connectivity index (χ3v) is 6.54. The molecule has 8 nitrogen and oxygen atoms in total. The Labute approximate surface area is 182 Å². The second kappa shape index (κ2) is 8.78. The van der Waals surface area contributed by atoms with Gasteiger partial charge < -0.3 is 14.7 Å². The summed E-state index contributed by atoms with van der Waals surface area (Å²) < 4.78 is 7.07. The topological polar surface area (TPSA) is 89.2 Å². The van der Waals surface area contributed by atoms with Crippen LogP contribution in [0.15, 0.2) is 24.3 Å². The number of aromatic nitrogens is 5. The molecule has 0 spiro atoms. The lowest BCUT2D eigenvalue weighted by atomic mass is 9.87. The Morgan fingerprint density at radius 3 is 2.58 bits per heavy atom. The Morgan fingerprint density at radius 1 is 1.03 bits per heavy atom. The molecule has 2 aromatic heterocycles. The number of rotatable bonds is 5. The molecule has 31 heavy (non-hydrogen) atoms. The summed E-state index contributed by atoms with van der Waals surface area (Å²) in [6.45, 7) is 1.44. The van der Waals surface area contributed by atoms with Crippen LogP contribution in [0, 0.1) is 5.92 Å². The summed E-state index contributed by atoms with van der Waals surface area (Å²) in [6, 6.07) is 7.74. The van der Waals surface area contributed by atoms with E-state index in [1.807, 2.05) is 24.3 Å². The monoisotopic (exact) mass is 422 g/mol. The van der Waals surface area contributed by atoms with E-state index in [9.17, 15) is 5.11 Å². The lowest BCUT2D eigenvalue weighted by Crippen LogP contribution is -2.39. The lowest BCUT2D eigenvalue weighted by Gasteiger charge is -2.31. The summed E-state index contributed by atoms with van der Waals surface area (Å²) in [4.78, 5) is 12.0. The number of hydrogen-bond donors (Lipinski definition) is 1. The Balaban J connectivity index is 1.57. The quantitative estimate of drug-likeness (QED) is 0.675. The van der Waals surface area contributed by atoms with Gasteiger partial charge in [-0.15, -0.1) is 5.10 Å². The van der Waals surface area contributed by atoms with Crippen molar-refractivity contribution in [1.82, 2.24) is 25.0 Å². The standard InChI is InChI=1S/C23H30N6O2/c1-31-19-11-9-17(10-12-19)29-23-21(26-27-29)22(28-13-5-8-18(30)15-28)24-20(25-23)14-16-6-3-2-4-7-16/h9-12,16,18,30H,2-8,13-15H2,1H3. The van der Waals surface area contributed by atoms with Gasteiger partial charge in [0.1, 0.15) is 11.6 Å². The van der Waals surface area contributed by atoms with E-state index in [-0.39, 0.29) is 6.10 Å². The van der Waals surface area contributed by atoms with Crippen LogP contribution in [0.3, 0.4) is 0 Å². The molecule has 8 heteroatoms. The van der Waals surface area contributed by atoms with Gasteiger partial charge in [0, 0.05) is 19.5 Å². The molecule has 0 radical (unpaired) electrons. The predicted molar refractivity (Wildman–Crippen MR) is 119 cm³/mol. The summed E-state index contributed by atoms with van der Waals surface area (Å²) in [5.41, 5.74) is 2.30. The molecule has 1 aliphatic carbocycles. The first-order chi connectivity index (χ1) is 15.2. The molecule has 0 bridgehead atoms. The van der Waals surface area contributed by atoms with Crippen molar-refractivity contribution in [2.75, 3.05) is 25.1 Å². The number of benzene rings is 1. The molecule has 1 aliphatic heterocycles. The smallest absolute Gasteiger partial charge is 0.189 e. The Morgan fingerprint density at radius 2 is 1.84 bits per heavy atom. The van der Waals surface area contributed by atoms with Crippen molar-refractivity contribution >= 4 is 17.0 Å². The average molecular weight is 423 g/mol. The van der Waals surface area contributed by atoms with Crippen LogP contribution in [0.4, 0.5) is 5.82 Å². The molecule has 0 amide bonds. The van der Waals surface area contributed by atoms with Crippen LogP contribution in [0.1, 0.15) is 50.8 Å². The number of fused-ring (bicyclic) bond motifs is 1. The minimum Gasteiger partial charge on any atom is -0.497 e. The maximum absolute atomic E-state index is 10.2. The van der Waals surface area contributed by atoms with E-state index < -0.39 is 0 Å². The number of ether oxygens (including phenoxy) is 1. The summed E-state index contributed by atoms with van der Waals surface area (Å²) in [6.07, 6.45) is 8.73. The molecule has 5 rings (SSSR count). The second-order valence-corrected chi connectivity index (χ2v) is 8.79. The van der Waals surface area contributed by atoms with Crippen molar-refractivity contribution in [3.63, 3.8) is 0 Å². The van der Waals surface area contributed by atoms with E-state index >= 15 is 0 Å². The lowest BCUT2D eigenvalue weighted by molar-refractivity contribution is 0.154. The van der Waals surface area contributed by atoms with Gasteiger partial charge in [-0.2, -0.15) is 4.68 Å². The minimum absolute atomic E-state index is 0.336. The van der Waals surface area contributed by atoms with Crippen molar-refractivity contribution in [3.05, 3.63) is 30.1 Å². The first-order valence-electron chi connectivity index (χ1n) is 11.4. The fourth-order valence-electron chi connectivity index (χ4n) is 4.85. The molecule has 1 aromatic carbocycles. The molecule has 164 valence electrons. The van der Waals surface area contributed by atoms with Crippen molar-refractivity contribution < 1.29 is 9.84 Å². The molecule has 2 fully saturated rings. The number of anilines is 1. The first kappa shape index (κ1) is 20.2. The van der Waals surface area contributed by atoms with Gasteiger partial charge in [0.2, 0.25) is 0 Å². The molecule has 1 N–H and O–H groups in total. The van der Waals surface area contributed by atoms with Crippen LogP contribution in [0.2, 0.25) is 0 Å². The number of nitrogens with zero attached hydrogens (tertiary/aromatic N) is 6. The first-order valence-corrected chi connectivity index (χ1v) is 11.4. The van der Waals surface area contributed by atoms with E-state index in [1.165, 1.54) is 32.1 Å². The van der Waals surface area contributed by atoms with Crippen LogP contribution in [0.25, 0.3) is 16.9 Å². The van der Waals surface area contributed by atoms with E-state index in [0.717, 1.165) is 54.5 Å². The molecule has 1 atom stereocenters. The number of methoxy groups -OCH3 is 1. The zero-order valence-corrected chi connectivity index (χ0v) is 18.1. The van der Waals surface area contributed by atoms with Gasteiger partial charge in [-0.25, -0.2) is 9.97 Å². The summed E-state index contributed by atoms with van der Waals surface area (Å²) >= 11 is 0. The Hall–Kier alpha value is -2.74. The Bertz CT molecular complexity index is 1030. The number of aliphatic hydroxyl groups is 1. The van der Waals surface area contributed by atoms with Crippen LogP contribution in [-0.2, 0) is 6.42 Å². The maximum atomic E-state index is 10.2. The fourth-order valence-corrected chi connectivity index (χ4v) is 4.85. The normalized spacial score (nSPS) is 20.3. The van der Waals surface area contributed by atoms with Gasteiger partial charge in [-0.05, 0) is 43.0 Å². The molecular weight excluding hydrogens is 392 g/mol. The van der Waals surface area contributed by atoms with Crippen molar-refractivity contribution in [2.45, 2.75) is 57.5 Å².